The molecule has 2 rings (SSSR count). The fourth-order valence-corrected chi connectivity index (χ4v) is 2.64. The molecule has 0 unspecified atom stereocenters. The SMILES string of the molecule is OC[C@H]1O[C@](O)(CO)[C@@H](O[C@H]2O[C@H](CO)[C@@H](O)[C@H](O)[C@H]2O)[C@@H]1O. The van der Waals surface area contributed by atoms with Gasteiger partial charge in [-0.1, -0.05) is 0 Å². The molecule has 2 aliphatic heterocycles. The number of hydrogen-bond acceptors (Lipinski definition) is 11. The van der Waals surface area contributed by atoms with Gasteiger partial charge in [0.25, 0.3) is 0 Å². The summed E-state index contributed by atoms with van der Waals surface area (Å²) in [5, 5.41) is 76.7. The lowest BCUT2D eigenvalue weighted by molar-refractivity contribution is -0.342. The molecule has 0 spiro atoms. The summed E-state index contributed by atoms with van der Waals surface area (Å²) in [5.41, 5.74) is 0. The second kappa shape index (κ2) is 7.21. The van der Waals surface area contributed by atoms with Crippen LogP contribution in [-0.2, 0) is 14.2 Å². The Morgan fingerprint density at radius 3 is 1.96 bits per heavy atom. The van der Waals surface area contributed by atoms with Crippen LogP contribution in [-0.4, -0.2) is 115 Å². The third kappa shape index (κ3) is 3.36. The molecule has 9 atom stereocenters. The summed E-state index contributed by atoms with van der Waals surface area (Å²) < 4.78 is 15.2. The summed E-state index contributed by atoms with van der Waals surface area (Å²) in [6, 6.07) is 0. The van der Waals surface area contributed by atoms with Crippen LogP contribution < -0.4 is 0 Å². The van der Waals surface area contributed by atoms with Crippen molar-refractivity contribution in [1.29, 1.82) is 0 Å². The zero-order chi connectivity index (χ0) is 17.4. The molecule has 136 valence electrons. The van der Waals surface area contributed by atoms with Crippen molar-refractivity contribution < 1.29 is 55.1 Å². The van der Waals surface area contributed by atoms with Crippen molar-refractivity contribution in [1.82, 2.24) is 0 Å². The summed E-state index contributed by atoms with van der Waals surface area (Å²) in [7, 11) is 0. The van der Waals surface area contributed by atoms with Gasteiger partial charge in [-0.05, 0) is 0 Å². The summed E-state index contributed by atoms with van der Waals surface area (Å²) >= 11 is 0. The van der Waals surface area contributed by atoms with E-state index < -0.39 is 74.6 Å². The molecule has 0 amide bonds. The van der Waals surface area contributed by atoms with E-state index in [4.69, 9.17) is 24.4 Å². The van der Waals surface area contributed by atoms with E-state index in [1.54, 1.807) is 0 Å². The predicted octanol–water partition coefficient (Wildman–Crippen LogP) is -5.40. The van der Waals surface area contributed by atoms with Gasteiger partial charge in [-0.2, -0.15) is 0 Å². The first kappa shape index (κ1) is 18.9. The monoisotopic (exact) mass is 342 g/mol. The molecule has 0 bridgehead atoms. The van der Waals surface area contributed by atoms with E-state index >= 15 is 0 Å². The van der Waals surface area contributed by atoms with Crippen LogP contribution in [0.3, 0.4) is 0 Å². The van der Waals surface area contributed by atoms with Crippen molar-refractivity contribution in [3.8, 4) is 0 Å². The number of aliphatic hydroxyl groups is 8. The number of rotatable bonds is 5. The first-order valence-corrected chi connectivity index (χ1v) is 7.05. The topological polar surface area (TPSA) is 190 Å². The Balaban J connectivity index is 2.15. The van der Waals surface area contributed by atoms with Crippen molar-refractivity contribution in [3.63, 3.8) is 0 Å². The van der Waals surface area contributed by atoms with E-state index in [-0.39, 0.29) is 0 Å². The van der Waals surface area contributed by atoms with Gasteiger partial charge in [-0.25, -0.2) is 0 Å². The molecule has 0 aromatic heterocycles. The van der Waals surface area contributed by atoms with Crippen molar-refractivity contribution >= 4 is 0 Å². The maximum atomic E-state index is 10.1. The summed E-state index contributed by atoms with van der Waals surface area (Å²) in [4.78, 5) is 0. The van der Waals surface area contributed by atoms with Gasteiger partial charge in [0.1, 0.15) is 42.7 Å². The predicted molar refractivity (Wildman–Crippen MR) is 68.6 cm³/mol. The second-order valence-corrected chi connectivity index (χ2v) is 5.59. The van der Waals surface area contributed by atoms with Crippen LogP contribution in [0.1, 0.15) is 0 Å². The lowest BCUT2D eigenvalue weighted by atomic mass is 9.99. The van der Waals surface area contributed by atoms with Gasteiger partial charge in [0.05, 0.1) is 19.8 Å². The van der Waals surface area contributed by atoms with Crippen LogP contribution >= 0.6 is 0 Å². The highest BCUT2D eigenvalue weighted by atomic mass is 16.7. The Morgan fingerprint density at radius 2 is 1.43 bits per heavy atom. The lowest BCUT2D eigenvalue weighted by Gasteiger charge is -2.41. The molecule has 0 radical (unpaired) electrons. The van der Waals surface area contributed by atoms with Crippen LogP contribution in [0.4, 0.5) is 0 Å². The molecule has 23 heavy (non-hydrogen) atoms. The zero-order valence-electron chi connectivity index (χ0n) is 12.0. The molecule has 0 aromatic carbocycles. The van der Waals surface area contributed by atoms with Crippen molar-refractivity contribution in [3.05, 3.63) is 0 Å². The van der Waals surface area contributed by atoms with Crippen LogP contribution in [0, 0.1) is 0 Å². The molecule has 8 N–H and O–H groups in total. The fourth-order valence-electron chi connectivity index (χ4n) is 2.64. The third-order valence-corrected chi connectivity index (χ3v) is 4.03. The van der Waals surface area contributed by atoms with Gasteiger partial charge in [0.2, 0.25) is 5.79 Å². The molecule has 2 heterocycles. The Hall–Kier alpha value is -0.440. The highest BCUT2D eigenvalue weighted by molar-refractivity contribution is 4.98. The van der Waals surface area contributed by atoms with Gasteiger partial charge >= 0.3 is 0 Å². The number of hydrogen-bond donors (Lipinski definition) is 8. The Kier molecular flexibility index (Phi) is 5.92. The van der Waals surface area contributed by atoms with Crippen LogP contribution in [0.5, 0.6) is 0 Å². The maximum Gasteiger partial charge on any atom is 0.219 e. The lowest BCUT2D eigenvalue weighted by Crippen LogP contribution is -2.61. The molecule has 0 aromatic rings. The standard InChI is InChI=1S/C12H22O11/c13-1-4-6(16)8(18)9(19)11(21-4)22-10-7(17)5(2-14)23-12(10,20)3-15/h4-11,13-20H,1-3H2/t4-,5-,6-,7-,8+,9-,10+,11-,12-/m1/s1. The van der Waals surface area contributed by atoms with E-state index in [0.717, 1.165) is 0 Å². The molecule has 11 heteroatoms. The summed E-state index contributed by atoms with van der Waals surface area (Å²) in [6.45, 7) is -2.33. The van der Waals surface area contributed by atoms with Gasteiger partial charge in [0.15, 0.2) is 6.29 Å². The maximum absolute atomic E-state index is 10.1. The highest BCUT2D eigenvalue weighted by Gasteiger charge is 2.57. The van der Waals surface area contributed by atoms with E-state index in [0.29, 0.717) is 0 Å². The van der Waals surface area contributed by atoms with Crippen molar-refractivity contribution in [2.24, 2.45) is 0 Å². The smallest absolute Gasteiger partial charge is 0.219 e. The Morgan fingerprint density at radius 1 is 0.826 bits per heavy atom. The first-order valence-electron chi connectivity index (χ1n) is 7.05. The van der Waals surface area contributed by atoms with Gasteiger partial charge < -0.3 is 55.1 Å². The minimum absolute atomic E-state index is 0.669. The highest BCUT2D eigenvalue weighted by Crippen LogP contribution is 2.34. The quantitative estimate of drug-likeness (QED) is 0.238. The minimum atomic E-state index is -2.37. The van der Waals surface area contributed by atoms with Gasteiger partial charge in [-0.3, -0.25) is 0 Å². The van der Waals surface area contributed by atoms with Gasteiger partial charge in [-0.15, -0.1) is 0 Å². The third-order valence-electron chi connectivity index (χ3n) is 4.03. The van der Waals surface area contributed by atoms with E-state index in [9.17, 15) is 30.6 Å². The van der Waals surface area contributed by atoms with Crippen LogP contribution in [0.25, 0.3) is 0 Å². The average Bonchev–Trinajstić information content (AvgIpc) is 2.79. The summed E-state index contributed by atoms with van der Waals surface area (Å²) in [5.74, 6) is -2.37. The molecule has 2 fully saturated rings. The molecule has 2 aliphatic rings. The molecule has 2 saturated heterocycles. The Labute approximate surface area is 130 Å². The van der Waals surface area contributed by atoms with Crippen LogP contribution in [0.15, 0.2) is 0 Å². The number of ether oxygens (including phenoxy) is 3. The zero-order valence-corrected chi connectivity index (χ0v) is 12.0. The van der Waals surface area contributed by atoms with E-state index in [1.807, 2.05) is 0 Å². The second-order valence-electron chi connectivity index (χ2n) is 5.59. The van der Waals surface area contributed by atoms with Crippen molar-refractivity contribution in [2.45, 2.75) is 54.8 Å². The molecule has 0 saturated carbocycles. The largest absolute Gasteiger partial charge is 0.394 e. The molecule has 11 nitrogen and oxygen atoms in total. The normalized spacial score (nSPS) is 51.1. The van der Waals surface area contributed by atoms with E-state index in [1.165, 1.54) is 0 Å². The molecular weight excluding hydrogens is 320 g/mol. The minimum Gasteiger partial charge on any atom is -0.394 e. The molecular formula is C12H22O11. The van der Waals surface area contributed by atoms with E-state index in [2.05, 4.69) is 0 Å². The summed E-state index contributed by atoms with van der Waals surface area (Å²) in [6.07, 6.45) is -12.4. The first-order chi connectivity index (χ1) is 10.8. The van der Waals surface area contributed by atoms with Crippen LogP contribution in [0.2, 0.25) is 0 Å². The fraction of sp³-hybridized carbons (Fsp3) is 1.00. The van der Waals surface area contributed by atoms with Gasteiger partial charge in [0, 0.05) is 0 Å². The Bertz CT molecular complexity index is 393. The number of aliphatic hydroxyl groups excluding tert-OH is 7. The average molecular weight is 342 g/mol. The van der Waals surface area contributed by atoms with Crippen molar-refractivity contribution in [2.75, 3.05) is 19.8 Å². The molecule has 0 aliphatic carbocycles.